The molecule has 0 bridgehead atoms. The van der Waals surface area contributed by atoms with E-state index in [1.165, 1.54) is 0 Å². The molecule has 2 rings (SSSR count). The van der Waals surface area contributed by atoms with Gasteiger partial charge in [0.25, 0.3) is 0 Å². The van der Waals surface area contributed by atoms with E-state index in [0.717, 1.165) is 22.6 Å². The number of hydrogen-bond acceptors (Lipinski definition) is 3. The Morgan fingerprint density at radius 2 is 1.83 bits per heavy atom. The number of carbonyl (C=O) groups excluding carboxylic acids is 1. The van der Waals surface area contributed by atoms with Crippen molar-refractivity contribution in [3.63, 3.8) is 0 Å². The number of para-hydroxylation sites is 1. The van der Waals surface area contributed by atoms with Gasteiger partial charge in [0.15, 0.2) is 0 Å². The minimum Gasteiger partial charge on any atom is -0.392 e. The van der Waals surface area contributed by atoms with E-state index in [4.69, 9.17) is 0 Å². The standard InChI is InChI=1S/C19H27N3O2/c1-13(2)21(12-14(3)23)19(24)11-18-15(4)20-22(16(18)5)17-9-7-6-8-10-17/h6-10,13-14,23H,11-12H2,1-5H3. The highest BCUT2D eigenvalue weighted by molar-refractivity contribution is 5.79. The van der Waals surface area contributed by atoms with Crippen LogP contribution in [0.25, 0.3) is 5.69 Å². The summed E-state index contributed by atoms with van der Waals surface area (Å²) in [6.07, 6.45) is -0.236. The first-order chi connectivity index (χ1) is 11.3. The summed E-state index contributed by atoms with van der Waals surface area (Å²) >= 11 is 0. The fourth-order valence-corrected chi connectivity index (χ4v) is 2.89. The summed E-state index contributed by atoms with van der Waals surface area (Å²) in [7, 11) is 0. The van der Waals surface area contributed by atoms with Gasteiger partial charge in [0.1, 0.15) is 0 Å². The summed E-state index contributed by atoms with van der Waals surface area (Å²) in [5.41, 5.74) is 3.79. The third-order valence-electron chi connectivity index (χ3n) is 4.17. The van der Waals surface area contributed by atoms with Gasteiger partial charge in [0, 0.05) is 23.8 Å². The van der Waals surface area contributed by atoms with Gasteiger partial charge in [0.05, 0.1) is 23.9 Å². The van der Waals surface area contributed by atoms with Crippen LogP contribution in [0, 0.1) is 13.8 Å². The van der Waals surface area contributed by atoms with Crippen LogP contribution in [0.5, 0.6) is 0 Å². The molecule has 0 saturated heterocycles. The minimum absolute atomic E-state index is 0.0183. The van der Waals surface area contributed by atoms with Gasteiger partial charge in [-0.1, -0.05) is 18.2 Å². The van der Waals surface area contributed by atoms with E-state index in [-0.39, 0.29) is 11.9 Å². The molecular weight excluding hydrogens is 302 g/mol. The summed E-state index contributed by atoms with van der Waals surface area (Å²) in [5.74, 6) is 0.0183. The van der Waals surface area contributed by atoms with Crippen LogP contribution in [0.1, 0.15) is 37.7 Å². The van der Waals surface area contributed by atoms with Crippen molar-refractivity contribution < 1.29 is 9.90 Å². The molecule has 2 aromatic rings. The minimum atomic E-state index is -0.536. The Morgan fingerprint density at radius 1 is 1.21 bits per heavy atom. The summed E-state index contributed by atoms with van der Waals surface area (Å²) in [4.78, 5) is 14.4. The molecule has 1 aromatic carbocycles. The number of aliphatic hydroxyl groups excluding tert-OH is 1. The number of nitrogens with zero attached hydrogens (tertiary/aromatic N) is 3. The molecular formula is C19H27N3O2. The lowest BCUT2D eigenvalue weighted by atomic mass is 10.1. The van der Waals surface area contributed by atoms with Gasteiger partial charge >= 0.3 is 0 Å². The molecule has 1 atom stereocenters. The summed E-state index contributed by atoms with van der Waals surface area (Å²) in [6, 6.07) is 9.96. The fourth-order valence-electron chi connectivity index (χ4n) is 2.89. The first-order valence-electron chi connectivity index (χ1n) is 8.39. The third-order valence-corrected chi connectivity index (χ3v) is 4.17. The first kappa shape index (κ1) is 18.2. The maximum atomic E-state index is 12.7. The highest BCUT2D eigenvalue weighted by Gasteiger charge is 2.22. The van der Waals surface area contributed by atoms with E-state index in [1.807, 2.05) is 62.7 Å². The Bertz CT molecular complexity index is 690. The van der Waals surface area contributed by atoms with E-state index >= 15 is 0 Å². The van der Waals surface area contributed by atoms with Gasteiger partial charge in [-0.15, -0.1) is 0 Å². The second-order valence-corrected chi connectivity index (χ2v) is 6.56. The molecule has 0 fully saturated rings. The molecule has 0 saturated carbocycles. The Hall–Kier alpha value is -2.14. The molecule has 1 amide bonds. The van der Waals surface area contributed by atoms with Crippen LogP contribution in [-0.4, -0.2) is 44.4 Å². The van der Waals surface area contributed by atoms with Crippen LogP contribution in [-0.2, 0) is 11.2 Å². The van der Waals surface area contributed by atoms with E-state index in [2.05, 4.69) is 5.10 Å². The number of benzene rings is 1. The lowest BCUT2D eigenvalue weighted by molar-refractivity contribution is -0.133. The number of hydrogen-bond donors (Lipinski definition) is 1. The van der Waals surface area contributed by atoms with Gasteiger partial charge < -0.3 is 10.0 Å². The summed E-state index contributed by atoms with van der Waals surface area (Å²) in [6.45, 7) is 9.90. The number of aromatic nitrogens is 2. The zero-order valence-corrected chi connectivity index (χ0v) is 15.2. The second kappa shape index (κ2) is 7.62. The largest absolute Gasteiger partial charge is 0.392 e. The average molecular weight is 329 g/mol. The third kappa shape index (κ3) is 4.03. The van der Waals surface area contributed by atoms with Crippen LogP contribution in [0.15, 0.2) is 30.3 Å². The lowest BCUT2D eigenvalue weighted by Crippen LogP contribution is -2.42. The van der Waals surface area contributed by atoms with Crippen molar-refractivity contribution in [2.75, 3.05) is 6.54 Å². The molecule has 130 valence electrons. The molecule has 5 heteroatoms. The number of rotatable bonds is 6. The smallest absolute Gasteiger partial charge is 0.227 e. The van der Waals surface area contributed by atoms with Crippen LogP contribution >= 0.6 is 0 Å². The Balaban J connectivity index is 2.27. The van der Waals surface area contributed by atoms with Gasteiger partial charge in [-0.3, -0.25) is 4.79 Å². The van der Waals surface area contributed by atoms with Gasteiger partial charge in [0.2, 0.25) is 5.91 Å². The van der Waals surface area contributed by atoms with E-state index in [9.17, 15) is 9.90 Å². The Labute approximate surface area is 143 Å². The Kier molecular flexibility index (Phi) is 5.78. The molecule has 5 nitrogen and oxygen atoms in total. The topological polar surface area (TPSA) is 58.4 Å². The number of amides is 1. The maximum Gasteiger partial charge on any atom is 0.227 e. The molecule has 0 aliphatic rings. The molecule has 24 heavy (non-hydrogen) atoms. The number of aliphatic hydroxyl groups is 1. The Morgan fingerprint density at radius 3 is 2.38 bits per heavy atom. The quantitative estimate of drug-likeness (QED) is 0.886. The van der Waals surface area contributed by atoms with E-state index < -0.39 is 6.10 Å². The zero-order valence-electron chi connectivity index (χ0n) is 15.2. The predicted octanol–water partition coefficient (Wildman–Crippen LogP) is 2.65. The summed E-state index contributed by atoms with van der Waals surface area (Å²) in [5, 5.41) is 14.2. The second-order valence-electron chi connectivity index (χ2n) is 6.56. The predicted molar refractivity (Wildman–Crippen MR) is 95.3 cm³/mol. The van der Waals surface area contributed by atoms with Crippen molar-refractivity contribution in [1.82, 2.24) is 14.7 Å². The van der Waals surface area contributed by atoms with Crippen LogP contribution in [0.3, 0.4) is 0 Å². The number of carbonyl (C=O) groups is 1. The highest BCUT2D eigenvalue weighted by Crippen LogP contribution is 2.19. The molecule has 1 unspecified atom stereocenters. The molecule has 0 aliphatic carbocycles. The van der Waals surface area contributed by atoms with Crippen molar-refractivity contribution in [2.24, 2.45) is 0 Å². The molecule has 0 spiro atoms. The molecule has 1 N–H and O–H groups in total. The van der Waals surface area contributed by atoms with Gasteiger partial charge in [-0.25, -0.2) is 4.68 Å². The number of aryl methyl sites for hydroxylation is 1. The zero-order chi connectivity index (χ0) is 17.9. The van der Waals surface area contributed by atoms with Crippen molar-refractivity contribution in [3.05, 3.63) is 47.3 Å². The first-order valence-corrected chi connectivity index (χ1v) is 8.39. The van der Waals surface area contributed by atoms with Gasteiger partial charge in [-0.05, 0) is 46.8 Å². The normalized spacial score (nSPS) is 12.5. The van der Waals surface area contributed by atoms with Crippen molar-refractivity contribution in [1.29, 1.82) is 0 Å². The van der Waals surface area contributed by atoms with Crippen LogP contribution in [0.2, 0.25) is 0 Å². The van der Waals surface area contributed by atoms with E-state index in [0.29, 0.717) is 13.0 Å². The van der Waals surface area contributed by atoms with Gasteiger partial charge in [-0.2, -0.15) is 5.10 Å². The fraction of sp³-hybridized carbons (Fsp3) is 0.474. The van der Waals surface area contributed by atoms with Crippen molar-refractivity contribution >= 4 is 5.91 Å². The maximum absolute atomic E-state index is 12.7. The monoisotopic (exact) mass is 329 g/mol. The van der Waals surface area contributed by atoms with E-state index in [1.54, 1.807) is 11.8 Å². The van der Waals surface area contributed by atoms with Crippen molar-refractivity contribution in [3.8, 4) is 5.69 Å². The van der Waals surface area contributed by atoms with Crippen LogP contribution in [0.4, 0.5) is 0 Å². The molecule has 0 aliphatic heterocycles. The highest BCUT2D eigenvalue weighted by atomic mass is 16.3. The molecule has 0 radical (unpaired) electrons. The lowest BCUT2D eigenvalue weighted by Gasteiger charge is -2.28. The SMILES string of the molecule is Cc1nn(-c2ccccc2)c(C)c1CC(=O)N(CC(C)O)C(C)C. The van der Waals surface area contributed by atoms with Crippen LogP contribution < -0.4 is 0 Å². The molecule has 1 aromatic heterocycles. The van der Waals surface area contributed by atoms with Crippen molar-refractivity contribution in [2.45, 2.75) is 53.2 Å². The molecule has 1 heterocycles. The summed E-state index contributed by atoms with van der Waals surface area (Å²) < 4.78 is 1.88. The average Bonchev–Trinajstić information content (AvgIpc) is 2.81.